The fourth-order valence-corrected chi connectivity index (χ4v) is 1.97. The minimum absolute atomic E-state index is 0.747. The van der Waals surface area contributed by atoms with E-state index in [1.165, 1.54) is 11.4 Å². The van der Waals surface area contributed by atoms with E-state index in [-0.39, 0.29) is 0 Å². The van der Waals surface area contributed by atoms with Crippen LogP contribution in [0.1, 0.15) is 13.8 Å². The van der Waals surface area contributed by atoms with E-state index in [1.54, 1.807) is 7.11 Å². The van der Waals surface area contributed by atoms with E-state index in [2.05, 4.69) is 20.1 Å². The fraction of sp³-hybridized carbons (Fsp3) is 0.857. The van der Waals surface area contributed by atoms with Gasteiger partial charge in [-0.2, -0.15) is 11.4 Å². The SMILES string of the molecule is COC(SCC(C)C)=[SH]C. The zero-order chi connectivity index (χ0) is 7.98. The lowest BCUT2D eigenvalue weighted by molar-refractivity contribution is 0.426. The average Bonchev–Trinajstić information content (AvgIpc) is 1.90. The predicted octanol–water partition coefficient (Wildman–Crippen LogP) is 2.20. The third kappa shape index (κ3) is 5.33. The van der Waals surface area contributed by atoms with E-state index in [0.29, 0.717) is 0 Å². The zero-order valence-corrected chi connectivity index (χ0v) is 8.76. The third-order valence-electron chi connectivity index (χ3n) is 0.897. The Balaban J connectivity index is 3.46. The molecule has 0 aliphatic rings. The van der Waals surface area contributed by atoms with Crippen LogP contribution in [-0.4, -0.2) is 23.5 Å². The van der Waals surface area contributed by atoms with E-state index >= 15 is 0 Å². The predicted molar refractivity (Wildman–Crippen MR) is 54.2 cm³/mol. The lowest BCUT2D eigenvalue weighted by Gasteiger charge is -2.05. The first-order valence-corrected chi connectivity index (χ1v) is 5.67. The highest BCUT2D eigenvalue weighted by Gasteiger charge is 1.97. The summed E-state index contributed by atoms with van der Waals surface area (Å²) in [4.78, 5) is 0. The molecule has 0 bridgehead atoms. The summed E-state index contributed by atoms with van der Waals surface area (Å²) in [6, 6.07) is 0. The van der Waals surface area contributed by atoms with Crippen LogP contribution in [0, 0.1) is 5.92 Å². The zero-order valence-electron chi connectivity index (χ0n) is 7.05. The highest BCUT2D eigenvalue weighted by atomic mass is 32.2. The fourth-order valence-electron chi connectivity index (χ4n) is 0.453. The smallest absolute Gasteiger partial charge is 0.130 e. The molecule has 0 saturated heterocycles. The summed E-state index contributed by atoms with van der Waals surface area (Å²) in [5.74, 6) is 1.90. The number of methoxy groups -OCH3 is 1. The second-order valence-electron chi connectivity index (χ2n) is 2.40. The van der Waals surface area contributed by atoms with Gasteiger partial charge in [0.15, 0.2) is 0 Å². The Morgan fingerprint density at radius 3 is 2.50 bits per heavy atom. The van der Waals surface area contributed by atoms with Gasteiger partial charge in [0.05, 0.1) is 0 Å². The summed E-state index contributed by atoms with van der Waals surface area (Å²) >= 11 is 3.05. The number of hydrogen-bond acceptors (Lipinski definition) is 2. The van der Waals surface area contributed by atoms with Crippen molar-refractivity contribution in [3.8, 4) is 0 Å². The van der Waals surface area contributed by atoms with Gasteiger partial charge in [0.25, 0.3) is 0 Å². The van der Waals surface area contributed by atoms with Crippen LogP contribution in [0.15, 0.2) is 0 Å². The summed E-state index contributed by atoms with van der Waals surface area (Å²) in [6.07, 6.45) is 2.09. The van der Waals surface area contributed by atoms with E-state index in [4.69, 9.17) is 4.74 Å². The molecule has 0 heterocycles. The van der Waals surface area contributed by atoms with Gasteiger partial charge in [-0.3, -0.25) is 0 Å². The summed E-state index contributed by atoms with van der Waals surface area (Å²) < 4.78 is 6.24. The second-order valence-corrected chi connectivity index (χ2v) is 4.55. The normalized spacial score (nSPS) is 13.5. The van der Waals surface area contributed by atoms with Gasteiger partial charge in [-0.05, 0) is 12.2 Å². The number of thioether (sulfide) groups is 1. The van der Waals surface area contributed by atoms with E-state index < -0.39 is 0 Å². The van der Waals surface area contributed by atoms with Gasteiger partial charge in [-0.1, -0.05) is 25.6 Å². The highest BCUT2D eigenvalue weighted by molar-refractivity contribution is 8.26. The maximum atomic E-state index is 5.12. The van der Waals surface area contributed by atoms with Crippen LogP contribution in [0.3, 0.4) is 0 Å². The molecule has 3 heteroatoms. The Morgan fingerprint density at radius 2 is 2.20 bits per heavy atom. The molecular formula is C7H16OS2. The number of rotatable bonds is 2. The molecule has 0 aliphatic carbocycles. The van der Waals surface area contributed by atoms with Gasteiger partial charge in [-0.15, -0.1) is 0 Å². The topological polar surface area (TPSA) is 9.23 Å². The molecule has 0 atom stereocenters. The summed E-state index contributed by atoms with van der Waals surface area (Å²) in [5, 5.41) is 0. The van der Waals surface area contributed by atoms with Crippen LogP contribution in [0.5, 0.6) is 0 Å². The maximum absolute atomic E-state index is 5.12. The van der Waals surface area contributed by atoms with Crippen molar-refractivity contribution in [2.75, 3.05) is 19.1 Å². The molecule has 0 aromatic carbocycles. The van der Waals surface area contributed by atoms with Crippen molar-refractivity contribution < 1.29 is 4.74 Å². The highest BCUT2D eigenvalue weighted by Crippen LogP contribution is 2.12. The van der Waals surface area contributed by atoms with Gasteiger partial charge in [-0.25, -0.2) is 0 Å². The molecule has 0 N–H and O–H groups in total. The average molecular weight is 180 g/mol. The van der Waals surface area contributed by atoms with Gasteiger partial charge >= 0.3 is 0 Å². The Kier molecular flexibility index (Phi) is 6.59. The van der Waals surface area contributed by atoms with Crippen LogP contribution in [0.25, 0.3) is 0 Å². The van der Waals surface area contributed by atoms with Crippen molar-refractivity contribution in [3.05, 3.63) is 0 Å². The largest absolute Gasteiger partial charge is 0.338 e. The van der Waals surface area contributed by atoms with Crippen LogP contribution in [0.4, 0.5) is 0 Å². The quantitative estimate of drug-likeness (QED) is 0.515. The first-order chi connectivity index (χ1) is 4.70. The molecule has 10 heavy (non-hydrogen) atoms. The molecule has 0 aromatic rings. The minimum Gasteiger partial charge on any atom is -0.338 e. The van der Waals surface area contributed by atoms with Gasteiger partial charge < -0.3 is 4.74 Å². The molecule has 1 nitrogen and oxygen atoms in total. The monoisotopic (exact) mass is 180 g/mol. The summed E-state index contributed by atoms with van der Waals surface area (Å²) in [7, 11) is 1.74. The van der Waals surface area contributed by atoms with Crippen molar-refractivity contribution in [3.63, 3.8) is 0 Å². The van der Waals surface area contributed by atoms with Crippen molar-refractivity contribution >= 4 is 27.5 Å². The Bertz CT molecular complexity index is 110. The molecule has 0 aromatic heterocycles. The standard InChI is InChI=1S/C7H16OS2/c1-6(2)5-10-7(8-3)9-4/h6,9H,5H2,1-4H3. The lowest BCUT2D eigenvalue weighted by atomic mass is 10.3. The molecule has 0 radical (unpaired) electrons. The number of ether oxygens (including phenoxy) is 1. The Labute approximate surface area is 71.5 Å². The van der Waals surface area contributed by atoms with E-state index in [0.717, 1.165) is 16.1 Å². The van der Waals surface area contributed by atoms with Crippen molar-refractivity contribution in [1.29, 1.82) is 0 Å². The maximum Gasteiger partial charge on any atom is 0.130 e. The molecule has 0 fully saturated rings. The third-order valence-corrected chi connectivity index (χ3v) is 3.63. The van der Waals surface area contributed by atoms with Crippen molar-refractivity contribution in [1.82, 2.24) is 0 Å². The molecule has 0 amide bonds. The van der Waals surface area contributed by atoms with Gasteiger partial charge in [0.2, 0.25) is 0 Å². The molecule has 0 aliphatic heterocycles. The minimum atomic E-state index is 0.747. The van der Waals surface area contributed by atoms with Crippen LogP contribution in [-0.2, 0) is 4.74 Å². The van der Waals surface area contributed by atoms with Crippen LogP contribution in [0.2, 0.25) is 0 Å². The number of hydrogen-bond donors (Lipinski definition) is 1. The van der Waals surface area contributed by atoms with Crippen molar-refractivity contribution in [2.45, 2.75) is 13.8 Å². The first kappa shape index (κ1) is 10.5. The van der Waals surface area contributed by atoms with Crippen LogP contribution < -0.4 is 0 Å². The molecule has 0 rings (SSSR count). The Hall–Kier alpha value is 0.530. The van der Waals surface area contributed by atoms with E-state index in [9.17, 15) is 0 Å². The summed E-state index contributed by atoms with van der Waals surface area (Å²) in [6.45, 7) is 4.43. The first-order valence-electron chi connectivity index (χ1n) is 3.34. The number of thiol groups is 1. The molecular weight excluding hydrogens is 164 g/mol. The second kappa shape index (κ2) is 6.25. The van der Waals surface area contributed by atoms with E-state index in [1.807, 2.05) is 11.8 Å². The van der Waals surface area contributed by atoms with Crippen molar-refractivity contribution in [2.24, 2.45) is 5.92 Å². The molecule has 62 valence electrons. The van der Waals surface area contributed by atoms with Crippen LogP contribution >= 0.6 is 23.1 Å². The Morgan fingerprint density at radius 1 is 1.60 bits per heavy atom. The lowest BCUT2D eigenvalue weighted by Crippen LogP contribution is -1.98. The van der Waals surface area contributed by atoms with Gasteiger partial charge in [0, 0.05) is 12.9 Å². The molecule has 0 saturated carbocycles. The molecule has 0 spiro atoms. The van der Waals surface area contributed by atoms with Gasteiger partial charge in [0.1, 0.15) is 4.38 Å². The molecule has 0 unspecified atom stereocenters. The summed E-state index contributed by atoms with van der Waals surface area (Å²) in [5.41, 5.74) is 0.